The van der Waals surface area contributed by atoms with E-state index in [1.807, 2.05) is 40.7 Å². The Kier molecular flexibility index (Phi) is 10.1. The SMILES string of the molecule is C=C(C=C(C)C(C)(C)C(=O)NC(C)CC)c1cnc(C)n1N=C(CC=NC)OC1=CC=CC(F)C1F. The van der Waals surface area contributed by atoms with E-state index in [4.69, 9.17) is 4.74 Å². The molecule has 0 fully saturated rings. The molecule has 0 saturated carbocycles. The number of nitrogens with zero attached hydrogens (tertiary/aromatic N) is 4. The van der Waals surface area contributed by atoms with Crippen molar-refractivity contribution in [2.45, 2.75) is 72.8 Å². The van der Waals surface area contributed by atoms with Gasteiger partial charge in [-0.2, -0.15) is 0 Å². The maximum atomic E-state index is 14.3. The number of carbonyl (C=O) groups is 1. The van der Waals surface area contributed by atoms with E-state index in [2.05, 4.69) is 27.0 Å². The Morgan fingerprint density at radius 1 is 1.42 bits per heavy atom. The number of ether oxygens (including phenoxy) is 1. The zero-order valence-corrected chi connectivity index (χ0v) is 22.2. The zero-order valence-electron chi connectivity index (χ0n) is 22.2. The molecule has 0 saturated heterocycles. The number of aromatic nitrogens is 2. The average molecular weight is 502 g/mol. The Hall–Kier alpha value is -3.36. The highest BCUT2D eigenvalue weighted by atomic mass is 19.2. The molecule has 0 spiro atoms. The van der Waals surface area contributed by atoms with Gasteiger partial charge in [0.15, 0.2) is 12.3 Å². The lowest BCUT2D eigenvalue weighted by Crippen LogP contribution is -2.42. The molecule has 0 aromatic carbocycles. The molecular weight excluding hydrogens is 464 g/mol. The molecule has 9 heteroatoms. The predicted molar refractivity (Wildman–Crippen MR) is 141 cm³/mol. The largest absolute Gasteiger partial charge is 0.442 e. The summed E-state index contributed by atoms with van der Waals surface area (Å²) in [6, 6.07) is 0.0719. The highest BCUT2D eigenvalue weighted by Gasteiger charge is 2.31. The monoisotopic (exact) mass is 501 g/mol. The summed E-state index contributed by atoms with van der Waals surface area (Å²) in [6.07, 6.45) is 6.18. The Labute approximate surface area is 212 Å². The van der Waals surface area contributed by atoms with Crippen LogP contribution in [0.2, 0.25) is 0 Å². The van der Waals surface area contributed by atoms with Crippen LogP contribution in [0.25, 0.3) is 5.57 Å². The zero-order chi connectivity index (χ0) is 27.0. The number of amides is 1. The smallest absolute Gasteiger partial charge is 0.229 e. The summed E-state index contributed by atoms with van der Waals surface area (Å²) in [7, 11) is 1.60. The number of nitrogens with one attached hydrogen (secondary N) is 1. The van der Waals surface area contributed by atoms with Crippen molar-refractivity contribution in [2.75, 3.05) is 7.05 Å². The van der Waals surface area contributed by atoms with E-state index >= 15 is 0 Å². The topological polar surface area (TPSA) is 80.9 Å². The summed E-state index contributed by atoms with van der Waals surface area (Å²) in [5, 5.41) is 7.54. The minimum atomic E-state index is -1.92. The van der Waals surface area contributed by atoms with Crippen molar-refractivity contribution in [1.29, 1.82) is 0 Å². The van der Waals surface area contributed by atoms with Crippen molar-refractivity contribution in [2.24, 2.45) is 15.5 Å². The lowest BCUT2D eigenvalue weighted by molar-refractivity contribution is -0.128. The molecule has 2 rings (SSSR count). The molecule has 1 heterocycles. The fraction of sp³-hybridized carbons (Fsp3) is 0.481. The van der Waals surface area contributed by atoms with Crippen molar-refractivity contribution < 1.29 is 18.3 Å². The fourth-order valence-electron chi connectivity index (χ4n) is 3.20. The Bertz CT molecular complexity index is 1110. The number of halogens is 2. The predicted octanol–water partition coefficient (Wildman–Crippen LogP) is 5.49. The Morgan fingerprint density at radius 3 is 2.75 bits per heavy atom. The summed E-state index contributed by atoms with van der Waals surface area (Å²) >= 11 is 0. The van der Waals surface area contributed by atoms with Crippen LogP contribution < -0.4 is 5.32 Å². The third kappa shape index (κ3) is 7.08. The molecule has 0 aliphatic heterocycles. The van der Waals surface area contributed by atoms with Gasteiger partial charge in [0.2, 0.25) is 11.8 Å². The quantitative estimate of drug-likeness (QED) is 0.261. The van der Waals surface area contributed by atoms with Gasteiger partial charge in [-0.1, -0.05) is 31.2 Å². The second-order valence-electron chi connectivity index (χ2n) is 9.30. The van der Waals surface area contributed by atoms with E-state index in [-0.39, 0.29) is 30.0 Å². The highest BCUT2D eigenvalue weighted by molar-refractivity contribution is 5.90. The average Bonchev–Trinajstić information content (AvgIpc) is 3.19. The van der Waals surface area contributed by atoms with Crippen LogP contribution >= 0.6 is 0 Å². The van der Waals surface area contributed by atoms with Crippen molar-refractivity contribution in [1.82, 2.24) is 15.0 Å². The minimum absolute atomic E-state index is 0.0719. The molecule has 0 radical (unpaired) electrons. The molecule has 36 heavy (non-hydrogen) atoms. The van der Waals surface area contributed by atoms with Gasteiger partial charge in [0.25, 0.3) is 0 Å². The lowest BCUT2D eigenvalue weighted by atomic mass is 9.82. The number of imidazole rings is 1. The molecule has 1 N–H and O–H groups in total. The van der Waals surface area contributed by atoms with E-state index in [0.717, 1.165) is 18.1 Å². The molecule has 0 bridgehead atoms. The first-order chi connectivity index (χ1) is 16.9. The van der Waals surface area contributed by atoms with E-state index in [1.54, 1.807) is 26.4 Å². The first-order valence-corrected chi connectivity index (χ1v) is 12.0. The van der Waals surface area contributed by atoms with Gasteiger partial charge in [-0.25, -0.2) is 18.4 Å². The van der Waals surface area contributed by atoms with E-state index in [9.17, 15) is 13.6 Å². The third-order valence-corrected chi connectivity index (χ3v) is 6.17. The minimum Gasteiger partial charge on any atom is -0.442 e. The first-order valence-electron chi connectivity index (χ1n) is 12.0. The normalized spacial score (nSPS) is 19.9. The number of allylic oxidation sites excluding steroid dienone is 6. The number of aryl methyl sites for hydroxylation is 1. The molecule has 3 atom stereocenters. The summed E-state index contributed by atoms with van der Waals surface area (Å²) in [6.45, 7) is 15.5. The van der Waals surface area contributed by atoms with Crippen LogP contribution in [-0.4, -0.2) is 53.1 Å². The van der Waals surface area contributed by atoms with Gasteiger partial charge in [0.05, 0.1) is 23.7 Å². The number of rotatable bonds is 10. The number of alkyl halides is 2. The van der Waals surface area contributed by atoms with Crippen LogP contribution in [0.15, 0.2) is 58.5 Å². The third-order valence-electron chi connectivity index (χ3n) is 6.17. The molecule has 1 aromatic rings. The van der Waals surface area contributed by atoms with Gasteiger partial charge in [-0.15, -0.1) is 5.10 Å². The van der Waals surface area contributed by atoms with Gasteiger partial charge in [0, 0.05) is 19.3 Å². The van der Waals surface area contributed by atoms with E-state index < -0.39 is 17.8 Å². The van der Waals surface area contributed by atoms with Gasteiger partial charge < -0.3 is 15.0 Å². The van der Waals surface area contributed by atoms with Crippen LogP contribution in [0.3, 0.4) is 0 Å². The maximum absolute atomic E-state index is 14.3. The van der Waals surface area contributed by atoms with E-state index in [1.165, 1.54) is 16.8 Å². The molecular formula is C27H37F2N5O2. The number of hydrogen-bond donors (Lipinski definition) is 1. The number of aliphatic imine (C=N–C) groups is 1. The number of hydrogen-bond acceptors (Lipinski definition) is 5. The summed E-state index contributed by atoms with van der Waals surface area (Å²) < 4.78 is 35.3. The van der Waals surface area contributed by atoms with Crippen LogP contribution in [0.5, 0.6) is 0 Å². The summed E-state index contributed by atoms with van der Waals surface area (Å²) in [5.41, 5.74) is 1.20. The highest BCUT2D eigenvalue weighted by Crippen LogP contribution is 2.30. The van der Waals surface area contributed by atoms with Crippen molar-refractivity contribution in [3.8, 4) is 0 Å². The van der Waals surface area contributed by atoms with Crippen LogP contribution in [0, 0.1) is 12.3 Å². The van der Waals surface area contributed by atoms with Gasteiger partial charge in [-0.3, -0.25) is 4.79 Å². The molecule has 1 aliphatic carbocycles. The van der Waals surface area contributed by atoms with Crippen molar-refractivity contribution >= 4 is 23.6 Å². The second kappa shape index (κ2) is 12.6. The van der Waals surface area contributed by atoms with E-state index in [0.29, 0.717) is 17.1 Å². The number of carbonyl (C=O) groups excluding carboxylic acids is 1. The molecule has 3 unspecified atom stereocenters. The Morgan fingerprint density at radius 2 is 2.11 bits per heavy atom. The van der Waals surface area contributed by atoms with Crippen LogP contribution in [0.4, 0.5) is 8.78 Å². The second-order valence-corrected chi connectivity index (χ2v) is 9.30. The summed E-state index contributed by atoms with van der Waals surface area (Å²) in [5.74, 6) is 0.410. The van der Waals surface area contributed by atoms with Crippen LogP contribution in [0.1, 0.15) is 59.0 Å². The molecule has 1 aliphatic rings. The maximum Gasteiger partial charge on any atom is 0.229 e. The Balaban J connectivity index is 2.38. The molecule has 196 valence electrons. The van der Waals surface area contributed by atoms with Crippen molar-refractivity contribution in [3.63, 3.8) is 0 Å². The first kappa shape index (κ1) is 28.9. The standard InChI is InChI=1S/C27H37F2N5O2/c1-9-19(4)32-26(35)27(6,7)18(3)15-17(2)22-16-31-20(5)34(22)33-24(13-14-30-8)36-23-12-10-11-21(28)25(23)29/h10-12,14-16,19,21,25H,2,9,13H2,1,3-8H3,(H,32,35). The fourth-order valence-corrected chi connectivity index (χ4v) is 3.20. The molecule has 7 nitrogen and oxygen atoms in total. The molecule has 1 amide bonds. The lowest BCUT2D eigenvalue weighted by Gasteiger charge is -2.27. The van der Waals surface area contributed by atoms with Gasteiger partial charge in [0.1, 0.15) is 11.6 Å². The van der Waals surface area contributed by atoms with Crippen molar-refractivity contribution in [3.05, 3.63) is 59.9 Å². The molecule has 1 aromatic heterocycles. The summed E-state index contributed by atoms with van der Waals surface area (Å²) in [4.78, 5) is 21.1. The van der Waals surface area contributed by atoms with Crippen LogP contribution in [-0.2, 0) is 9.53 Å². The van der Waals surface area contributed by atoms with Gasteiger partial charge in [-0.05, 0) is 58.8 Å². The van der Waals surface area contributed by atoms with Gasteiger partial charge >= 0.3 is 0 Å².